The SMILES string of the molecule is Cc1ccccc1-c1cc(C(=O)Nc2cccc(S(=O)(=O)NC3CC3)c2)c2cnn(C(C)C)c2n1. The number of anilines is 1. The Bertz CT molecular complexity index is 1540. The molecule has 8 nitrogen and oxygen atoms in total. The Balaban J connectivity index is 1.55. The number of amides is 1. The van der Waals surface area contributed by atoms with Crippen LogP contribution in [0.5, 0.6) is 0 Å². The number of carbonyl (C=O) groups excluding carboxylic acids is 1. The Kier molecular flexibility index (Phi) is 5.90. The summed E-state index contributed by atoms with van der Waals surface area (Å²) in [5, 5.41) is 7.97. The van der Waals surface area contributed by atoms with Crippen molar-refractivity contribution >= 4 is 32.7 Å². The summed E-state index contributed by atoms with van der Waals surface area (Å²) in [6.45, 7) is 6.02. The first-order valence-electron chi connectivity index (χ1n) is 11.6. The van der Waals surface area contributed by atoms with E-state index in [1.165, 1.54) is 12.1 Å². The Morgan fingerprint density at radius 3 is 2.57 bits per heavy atom. The molecular formula is C26H27N5O3S. The Labute approximate surface area is 204 Å². The lowest BCUT2D eigenvalue weighted by molar-refractivity contribution is 0.102. The molecule has 5 rings (SSSR count). The van der Waals surface area contributed by atoms with E-state index in [0.717, 1.165) is 24.0 Å². The normalized spacial score (nSPS) is 13.9. The van der Waals surface area contributed by atoms with Gasteiger partial charge in [-0.15, -0.1) is 0 Å². The summed E-state index contributed by atoms with van der Waals surface area (Å²) >= 11 is 0. The van der Waals surface area contributed by atoms with Gasteiger partial charge < -0.3 is 5.32 Å². The number of benzene rings is 2. The highest BCUT2D eigenvalue weighted by atomic mass is 32.2. The van der Waals surface area contributed by atoms with Crippen molar-refractivity contribution in [3.8, 4) is 11.3 Å². The fourth-order valence-electron chi connectivity index (χ4n) is 4.01. The van der Waals surface area contributed by atoms with Crippen LogP contribution in [0.2, 0.25) is 0 Å². The molecule has 9 heteroatoms. The van der Waals surface area contributed by atoms with E-state index in [0.29, 0.717) is 28.0 Å². The smallest absolute Gasteiger partial charge is 0.256 e. The second-order valence-electron chi connectivity index (χ2n) is 9.17. The van der Waals surface area contributed by atoms with Gasteiger partial charge in [-0.2, -0.15) is 5.10 Å². The molecule has 2 N–H and O–H groups in total. The van der Waals surface area contributed by atoms with E-state index in [2.05, 4.69) is 15.1 Å². The zero-order valence-corrected chi connectivity index (χ0v) is 20.6. The minimum Gasteiger partial charge on any atom is -0.322 e. The van der Waals surface area contributed by atoms with Gasteiger partial charge in [-0.1, -0.05) is 30.3 Å². The topological polar surface area (TPSA) is 106 Å². The van der Waals surface area contributed by atoms with Gasteiger partial charge in [-0.3, -0.25) is 4.79 Å². The van der Waals surface area contributed by atoms with Gasteiger partial charge in [0.2, 0.25) is 10.0 Å². The van der Waals surface area contributed by atoms with Crippen molar-refractivity contribution in [3.05, 3.63) is 71.9 Å². The molecule has 0 bridgehead atoms. The van der Waals surface area contributed by atoms with Gasteiger partial charge in [0, 0.05) is 23.3 Å². The number of aromatic nitrogens is 3. The van der Waals surface area contributed by atoms with Crippen LogP contribution in [0.4, 0.5) is 5.69 Å². The molecule has 0 radical (unpaired) electrons. The minimum absolute atomic E-state index is 0.000656. The van der Waals surface area contributed by atoms with Crippen molar-refractivity contribution in [2.75, 3.05) is 5.32 Å². The van der Waals surface area contributed by atoms with Crippen LogP contribution in [-0.4, -0.2) is 35.1 Å². The first-order chi connectivity index (χ1) is 16.7. The van der Waals surface area contributed by atoms with E-state index in [9.17, 15) is 13.2 Å². The van der Waals surface area contributed by atoms with Crippen LogP contribution >= 0.6 is 0 Å². The summed E-state index contributed by atoms with van der Waals surface area (Å²) in [6, 6.07) is 16.0. The predicted octanol–water partition coefficient (Wildman–Crippen LogP) is 4.68. The van der Waals surface area contributed by atoms with Crippen molar-refractivity contribution < 1.29 is 13.2 Å². The summed E-state index contributed by atoms with van der Waals surface area (Å²) in [4.78, 5) is 18.5. The summed E-state index contributed by atoms with van der Waals surface area (Å²) in [5.41, 5.74) is 4.09. The lowest BCUT2D eigenvalue weighted by Crippen LogP contribution is -2.25. The number of nitrogens with zero attached hydrogens (tertiary/aromatic N) is 3. The molecule has 1 amide bonds. The minimum atomic E-state index is -3.63. The molecule has 0 spiro atoms. The number of aryl methyl sites for hydroxylation is 1. The Morgan fingerprint density at radius 2 is 1.86 bits per heavy atom. The van der Waals surface area contributed by atoms with Crippen LogP contribution in [0, 0.1) is 6.92 Å². The van der Waals surface area contributed by atoms with Crippen molar-refractivity contribution in [3.63, 3.8) is 0 Å². The summed E-state index contributed by atoms with van der Waals surface area (Å²) in [5.74, 6) is -0.361. The number of hydrogen-bond acceptors (Lipinski definition) is 5. The average molecular weight is 490 g/mol. The number of hydrogen-bond donors (Lipinski definition) is 2. The van der Waals surface area contributed by atoms with Gasteiger partial charge in [0.15, 0.2) is 5.65 Å². The standard InChI is InChI=1S/C26H27N5O3S/c1-16(2)31-25-23(15-27-31)22(14-24(29-25)21-10-5-4-7-17(21)3)26(32)28-19-8-6-9-20(13-19)35(33,34)30-18-11-12-18/h4-10,13-16,18,30H,11-12H2,1-3H3,(H,28,32). The van der Waals surface area contributed by atoms with Crippen LogP contribution < -0.4 is 10.0 Å². The highest BCUT2D eigenvalue weighted by Gasteiger charge is 2.28. The Hall–Kier alpha value is -3.56. The summed E-state index contributed by atoms with van der Waals surface area (Å²) in [7, 11) is -3.63. The van der Waals surface area contributed by atoms with Crippen LogP contribution in [0.25, 0.3) is 22.3 Å². The average Bonchev–Trinajstić information content (AvgIpc) is 3.52. The van der Waals surface area contributed by atoms with Gasteiger partial charge in [-0.05, 0) is 63.4 Å². The highest BCUT2D eigenvalue weighted by molar-refractivity contribution is 7.89. The third kappa shape index (κ3) is 4.69. The number of nitrogens with one attached hydrogen (secondary N) is 2. The first kappa shape index (κ1) is 23.2. The maximum atomic E-state index is 13.5. The molecule has 2 aromatic carbocycles. The van der Waals surface area contributed by atoms with Crippen molar-refractivity contribution in [1.82, 2.24) is 19.5 Å². The van der Waals surface area contributed by atoms with E-state index in [1.54, 1.807) is 29.1 Å². The lowest BCUT2D eigenvalue weighted by Gasteiger charge is -2.13. The van der Waals surface area contributed by atoms with E-state index < -0.39 is 10.0 Å². The van der Waals surface area contributed by atoms with Gasteiger partial charge in [0.25, 0.3) is 5.91 Å². The molecule has 1 aliphatic rings. The van der Waals surface area contributed by atoms with E-state index in [4.69, 9.17) is 4.98 Å². The third-order valence-electron chi connectivity index (χ3n) is 6.02. The molecule has 0 unspecified atom stereocenters. The highest BCUT2D eigenvalue weighted by Crippen LogP contribution is 2.29. The van der Waals surface area contributed by atoms with E-state index in [1.807, 2.05) is 45.0 Å². The monoisotopic (exact) mass is 489 g/mol. The fraction of sp³-hybridized carbons (Fsp3) is 0.269. The zero-order valence-electron chi connectivity index (χ0n) is 19.8. The number of fused-ring (bicyclic) bond motifs is 1. The number of sulfonamides is 1. The largest absolute Gasteiger partial charge is 0.322 e. The molecule has 2 heterocycles. The van der Waals surface area contributed by atoms with Crippen LogP contribution in [0.15, 0.2) is 65.7 Å². The molecule has 1 fully saturated rings. The molecule has 35 heavy (non-hydrogen) atoms. The van der Waals surface area contributed by atoms with Gasteiger partial charge in [0.1, 0.15) is 0 Å². The number of carbonyl (C=O) groups is 1. The molecule has 0 saturated heterocycles. The van der Waals surface area contributed by atoms with Crippen LogP contribution in [0.1, 0.15) is 48.7 Å². The molecular weight excluding hydrogens is 462 g/mol. The number of rotatable bonds is 7. The quantitative estimate of drug-likeness (QED) is 0.392. The van der Waals surface area contributed by atoms with Crippen molar-refractivity contribution in [2.24, 2.45) is 0 Å². The maximum Gasteiger partial charge on any atom is 0.256 e. The zero-order chi connectivity index (χ0) is 24.7. The molecule has 0 aliphatic heterocycles. The molecule has 180 valence electrons. The molecule has 2 aromatic heterocycles. The summed E-state index contributed by atoms with van der Waals surface area (Å²) < 4.78 is 29.7. The summed E-state index contributed by atoms with van der Waals surface area (Å²) in [6.07, 6.45) is 3.35. The van der Waals surface area contributed by atoms with Crippen molar-refractivity contribution in [2.45, 2.75) is 50.6 Å². The number of pyridine rings is 1. The molecule has 4 aromatic rings. The maximum absolute atomic E-state index is 13.5. The molecule has 0 atom stereocenters. The Morgan fingerprint density at radius 1 is 1.09 bits per heavy atom. The molecule has 1 aliphatic carbocycles. The van der Waals surface area contributed by atoms with Crippen molar-refractivity contribution in [1.29, 1.82) is 0 Å². The van der Waals surface area contributed by atoms with Gasteiger partial charge in [0.05, 0.1) is 27.7 Å². The van der Waals surface area contributed by atoms with Crippen LogP contribution in [-0.2, 0) is 10.0 Å². The molecule has 1 saturated carbocycles. The van der Waals surface area contributed by atoms with Gasteiger partial charge in [-0.25, -0.2) is 22.8 Å². The predicted molar refractivity (Wildman–Crippen MR) is 136 cm³/mol. The van der Waals surface area contributed by atoms with E-state index in [-0.39, 0.29) is 22.9 Å². The lowest BCUT2D eigenvalue weighted by atomic mass is 10.0. The first-order valence-corrected chi connectivity index (χ1v) is 13.1. The third-order valence-corrected chi connectivity index (χ3v) is 7.54. The second kappa shape index (κ2) is 8.90. The fourth-order valence-corrected chi connectivity index (χ4v) is 5.36. The van der Waals surface area contributed by atoms with Gasteiger partial charge >= 0.3 is 0 Å². The second-order valence-corrected chi connectivity index (χ2v) is 10.9. The van der Waals surface area contributed by atoms with E-state index >= 15 is 0 Å². The van der Waals surface area contributed by atoms with Crippen LogP contribution in [0.3, 0.4) is 0 Å².